The Morgan fingerprint density at radius 2 is 1.97 bits per heavy atom. The van der Waals surface area contributed by atoms with Crippen LogP contribution in [0.3, 0.4) is 0 Å². The fourth-order valence-corrected chi connectivity index (χ4v) is 3.77. The number of aromatic nitrogens is 2. The number of rotatable bonds is 8. The second-order valence-electron chi connectivity index (χ2n) is 6.78. The summed E-state index contributed by atoms with van der Waals surface area (Å²) in [5.41, 5.74) is 2.22. The summed E-state index contributed by atoms with van der Waals surface area (Å²) in [6.07, 6.45) is 2.08. The van der Waals surface area contributed by atoms with Gasteiger partial charge in [0, 0.05) is 35.4 Å². The largest absolute Gasteiger partial charge is 0.497 e. The van der Waals surface area contributed by atoms with Crippen LogP contribution in [0.15, 0.2) is 58.5 Å². The summed E-state index contributed by atoms with van der Waals surface area (Å²) in [5, 5.41) is 5.14. The lowest BCUT2D eigenvalue weighted by Gasteiger charge is -2.08. The van der Waals surface area contributed by atoms with Crippen molar-refractivity contribution in [2.75, 3.05) is 19.5 Å². The maximum Gasteiger partial charge on any atom is 0.226 e. The number of nitrogens with zero attached hydrogens (tertiary/aromatic N) is 2. The molecule has 1 amide bonds. The molecule has 9 heteroatoms. The first-order chi connectivity index (χ1) is 15.6. The van der Waals surface area contributed by atoms with Gasteiger partial charge in [-0.05, 0) is 36.4 Å². The zero-order valence-corrected chi connectivity index (χ0v) is 18.2. The Balaban J connectivity index is 1.36. The number of carbonyl (C=O) groups excluding carboxylic acids is 1. The SMILES string of the molecule is COc1ccc(-c2csc(NC(=O)CCc3ncc(-c4ccc(F)cc4)o3)n2)c(OC)c1. The molecule has 2 aromatic heterocycles. The summed E-state index contributed by atoms with van der Waals surface area (Å²) < 4.78 is 29.4. The fraction of sp³-hybridized carbons (Fsp3) is 0.174. The van der Waals surface area contributed by atoms with Crippen LogP contribution in [-0.4, -0.2) is 30.1 Å². The number of carbonyl (C=O) groups is 1. The van der Waals surface area contributed by atoms with Crippen LogP contribution >= 0.6 is 11.3 Å². The molecule has 0 aliphatic carbocycles. The maximum atomic E-state index is 13.1. The highest BCUT2D eigenvalue weighted by Gasteiger charge is 2.14. The molecule has 0 unspecified atom stereocenters. The number of hydrogen-bond acceptors (Lipinski definition) is 7. The van der Waals surface area contributed by atoms with E-state index >= 15 is 0 Å². The third kappa shape index (κ3) is 4.94. The number of nitrogens with one attached hydrogen (secondary N) is 1. The molecule has 1 N–H and O–H groups in total. The predicted octanol–water partition coefficient (Wildman–Crippen LogP) is 5.19. The zero-order valence-electron chi connectivity index (χ0n) is 17.4. The minimum Gasteiger partial charge on any atom is -0.497 e. The van der Waals surface area contributed by atoms with Crippen molar-refractivity contribution in [3.8, 4) is 34.1 Å². The van der Waals surface area contributed by atoms with Gasteiger partial charge in [-0.3, -0.25) is 4.79 Å². The van der Waals surface area contributed by atoms with Gasteiger partial charge in [-0.2, -0.15) is 0 Å². The third-order valence-corrected chi connectivity index (χ3v) is 5.44. The van der Waals surface area contributed by atoms with E-state index in [0.717, 1.165) is 11.1 Å². The molecular weight excluding hydrogens is 433 g/mol. The highest BCUT2D eigenvalue weighted by atomic mass is 32.1. The van der Waals surface area contributed by atoms with E-state index in [1.165, 1.54) is 23.5 Å². The number of halogens is 1. The second kappa shape index (κ2) is 9.61. The summed E-state index contributed by atoms with van der Waals surface area (Å²) in [6.45, 7) is 0. The molecule has 164 valence electrons. The fourth-order valence-electron chi connectivity index (χ4n) is 3.04. The van der Waals surface area contributed by atoms with E-state index < -0.39 is 0 Å². The highest BCUT2D eigenvalue weighted by molar-refractivity contribution is 7.14. The van der Waals surface area contributed by atoms with Crippen molar-refractivity contribution < 1.29 is 23.1 Å². The quantitative estimate of drug-likeness (QED) is 0.395. The van der Waals surface area contributed by atoms with E-state index in [1.54, 1.807) is 38.6 Å². The molecule has 0 aliphatic heterocycles. The Labute approximate surface area is 187 Å². The Morgan fingerprint density at radius 3 is 2.72 bits per heavy atom. The van der Waals surface area contributed by atoms with Crippen LogP contribution in [0.2, 0.25) is 0 Å². The number of benzene rings is 2. The van der Waals surface area contributed by atoms with Gasteiger partial charge < -0.3 is 19.2 Å². The third-order valence-electron chi connectivity index (χ3n) is 4.68. The molecule has 4 aromatic rings. The van der Waals surface area contributed by atoms with Crippen molar-refractivity contribution in [3.63, 3.8) is 0 Å². The Bertz CT molecular complexity index is 1220. The van der Waals surface area contributed by atoms with Crippen molar-refractivity contribution >= 4 is 22.4 Å². The maximum absolute atomic E-state index is 13.1. The molecule has 2 aromatic carbocycles. The van der Waals surface area contributed by atoms with Crippen LogP contribution in [0.25, 0.3) is 22.6 Å². The number of thiazole rings is 1. The van der Waals surface area contributed by atoms with E-state index in [4.69, 9.17) is 13.9 Å². The van der Waals surface area contributed by atoms with Gasteiger partial charge in [0.2, 0.25) is 5.91 Å². The van der Waals surface area contributed by atoms with Gasteiger partial charge in [0.15, 0.2) is 16.8 Å². The van der Waals surface area contributed by atoms with E-state index in [0.29, 0.717) is 40.4 Å². The van der Waals surface area contributed by atoms with Crippen molar-refractivity contribution in [1.29, 1.82) is 0 Å². The van der Waals surface area contributed by atoms with Crippen molar-refractivity contribution in [2.45, 2.75) is 12.8 Å². The summed E-state index contributed by atoms with van der Waals surface area (Å²) in [6, 6.07) is 11.4. The predicted molar refractivity (Wildman–Crippen MR) is 120 cm³/mol. The van der Waals surface area contributed by atoms with Gasteiger partial charge in [0.25, 0.3) is 0 Å². The normalized spacial score (nSPS) is 10.7. The molecule has 0 bridgehead atoms. The molecule has 32 heavy (non-hydrogen) atoms. The monoisotopic (exact) mass is 453 g/mol. The summed E-state index contributed by atoms with van der Waals surface area (Å²) in [4.78, 5) is 21.0. The number of ether oxygens (including phenoxy) is 2. The van der Waals surface area contributed by atoms with Crippen LogP contribution in [0, 0.1) is 5.82 Å². The minimum absolute atomic E-state index is 0.185. The van der Waals surface area contributed by atoms with Gasteiger partial charge in [0.1, 0.15) is 17.3 Å². The van der Waals surface area contributed by atoms with Crippen LogP contribution in [0.4, 0.5) is 9.52 Å². The smallest absolute Gasteiger partial charge is 0.226 e. The Kier molecular flexibility index (Phi) is 6.46. The van der Waals surface area contributed by atoms with E-state index in [2.05, 4.69) is 15.3 Å². The number of anilines is 1. The van der Waals surface area contributed by atoms with Crippen LogP contribution in [0.1, 0.15) is 12.3 Å². The first-order valence-electron chi connectivity index (χ1n) is 9.74. The molecular formula is C23H20FN3O4S. The Hall–Kier alpha value is -3.72. The molecule has 0 aliphatic rings. The zero-order chi connectivity index (χ0) is 22.5. The summed E-state index contributed by atoms with van der Waals surface area (Å²) in [5.74, 6) is 1.76. The summed E-state index contributed by atoms with van der Waals surface area (Å²) >= 11 is 1.33. The van der Waals surface area contributed by atoms with E-state index in [9.17, 15) is 9.18 Å². The minimum atomic E-state index is -0.319. The first kappa shape index (κ1) is 21.5. The molecule has 0 saturated heterocycles. The van der Waals surface area contributed by atoms with E-state index in [1.807, 2.05) is 17.5 Å². The van der Waals surface area contributed by atoms with Gasteiger partial charge in [0.05, 0.1) is 26.1 Å². The van der Waals surface area contributed by atoms with Crippen LogP contribution < -0.4 is 14.8 Å². The number of oxazole rings is 1. The average Bonchev–Trinajstić information content (AvgIpc) is 3.47. The van der Waals surface area contributed by atoms with Gasteiger partial charge in [-0.15, -0.1) is 11.3 Å². The standard InChI is InChI=1S/C23H20FN3O4S/c1-29-16-7-8-17(19(11-16)30-2)18-13-32-23(26-18)27-21(28)9-10-22-25-12-20(31-22)14-3-5-15(24)6-4-14/h3-8,11-13H,9-10H2,1-2H3,(H,26,27,28). The molecule has 0 fully saturated rings. The number of aryl methyl sites for hydroxylation is 1. The second-order valence-corrected chi connectivity index (χ2v) is 7.64. The molecule has 4 rings (SSSR count). The molecule has 0 saturated carbocycles. The van der Waals surface area contributed by atoms with Crippen molar-refractivity contribution in [2.24, 2.45) is 0 Å². The topological polar surface area (TPSA) is 86.5 Å². The van der Waals surface area contributed by atoms with Crippen molar-refractivity contribution in [3.05, 3.63) is 65.7 Å². The van der Waals surface area contributed by atoms with Crippen molar-refractivity contribution in [1.82, 2.24) is 9.97 Å². The molecule has 2 heterocycles. The van der Waals surface area contributed by atoms with Gasteiger partial charge in [-0.25, -0.2) is 14.4 Å². The summed E-state index contributed by atoms with van der Waals surface area (Å²) in [7, 11) is 3.17. The lowest BCUT2D eigenvalue weighted by Crippen LogP contribution is -2.12. The first-order valence-corrected chi connectivity index (χ1v) is 10.6. The molecule has 0 radical (unpaired) electrons. The number of methoxy groups -OCH3 is 2. The van der Waals surface area contributed by atoms with Gasteiger partial charge >= 0.3 is 0 Å². The van der Waals surface area contributed by atoms with Crippen LogP contribution in [-0.2, 0) is 11.2 Å². The lowest BCUT2D eigenvalue weighted by atomic mass is 10.1. The highest BCUT2D eigenvalue weighted by Crippen LogP contribution is 2.34. The van der Waals surface area contributed by atoms with E-state index in [-0.39, 0.29) is 18.1 Å². The average molecular weight is 453 g/mol. The van der Waals surface area contributed by atoms with Crippen LogP contribution in [0.5, 0.6) is 11.5 Å². The number of hydrogen-bond donors (Lipinski definition) is 1. The lowest BCUT2D eigenvalue weighted by molar-refractivity contribution is -0.116. The molecule has 0 atom stereocenters. The molecule has 0 spiro atoms. The Morgan fingerprint density at radius 1 is 1.16 bits per heavy atom. The molecule has 7 nitrogen and oxygen atoms in total. The number of amides is 1. The van der Waals surface area contributed by atoms with Gasteiger partial charge in [-0.1, -0.05) is 0 Å².